The predicted octanol–water partition coefficient (Wildman–Crippen LogP) is 3.79. The quantitative estimate of drug-likeness (QED) is 0.523. The monoisotopic (exact) mass is 374 g/mol. The predicted molar refractivity (Wildman–Crippen MR) is 110 cm³/mol. The second-order valence-electron chi connectivity index (χ2n) is 6.62. The highest BCUT2D eigenvalue weighted by Crippen LogP contribution is 2.21. The first-order chi connectivity index (χ1) is 13.5. The maximum atomic E-state index is 12.8. The van der Waals surface area contributed by atoms with Gasteiger partial charge in [-0.15, -0.1) is 0 Å². The van der Waals surface area contributed by atoms with Crippen LogP contribution in [0.2, 0.25) is 0 Å². The number of primary amides is 1. The summed E-state index contributed by atoms with van der Waals surface area (Å²) in [5.41, 5.74) is 7.61. The Morgan fingerprint density at radius 1 is 0.929 bits per heavy atom. The molecule has 4 N–H and O–H groups in total. The molecule has 5 heteroatoms. The van der Waals surface area contributed by atoms with Crippen molar-refractivity contribution < 1.29 is 14.7 Å². The van der Waals surface area contributed by atoms with Crippen LogP contribution < -0.4 is 11.1 Å². The van der Waals surface area contributed by atoms with Crippen LogP contribution in [-0.4, -0.2) is 22.8 Å². The molecule has 142 valence electrons. The molecule has 1 unspecified atom stereocenters. The summed E-state index contributed by atoms with van der Waals surface area (Å²) in [7, 11) is 0. The molecule has 0 aromatic heterocycles. The number of para-hydroxylation sites is 1. The number of anilines is 1. The minimum atomic E-state index is -0.768. The van der Waals surface area contributed by atoms with E-state index in [9.17, 15) is 14.7 Å². The highest BCUT2D eigenvalue weighted by molar-refractivity contribution is 6.01. The van der Waals surface area contributed by atoms with Crippen LogP contribution in [0.15, 0.2) is 78.9 Å². The fraction of sp³-hybridized carbons (Fsp3) is 0.130. The van der Waals surface area contributed by atoms with E-state index in [2.05, 4.69) is 5.32 Å². The van der Waals surface area contributed by atoms with Crippen LogP contribution in [0.4, 0.5) is 5.69 Å². The summed E-state index contributed by atoms with van der Waals surface area (Å²) in [6, 6.07) is 23.7. The number of nitrogens with two attached hydrogens (primary N) is 1. The van der Waals surface area contributed by atoms with E-state index in [1.807, 2.05) is 60.7 Å². The smallest absolute Gasteiger partial charge is 0.252 e. The summed E-state index contributed by atoms with van der Waals surface area (Å²) in [4.78, 5) is 24.3. The lowest BCUT2D eigenvalue weighted by atomic mass is 9.96. The molecule has 1 amide bonds. The van der Waals surface area contributed by atoms with Crippen LogP contribution in [-0.2, 0) is 6.42 Å². The molecule has 0 radical (unpaired) electrons. The van der Waals surface area contributed by atoms with Crippen LogP contribution in [0.25, 0.3) is 0 Å². The molecule has 0 spiro atoms. The van der Waals surface area contributed by atoms with Gasteiger partial charge in [-0.1, -0.05) is 48.5 Å². The van der Waals surface area contributed by atoms with Crippen molar-refractivity contribution in [3.05, 3.63) is 95.6 Å². The van der Waals surface area contributed by atoms with Gasteiger partial charge in [-0.25, -0.2) is 0 Å². The molecule has 0 aliphatic rings. The Morgan fingerprint density at radius 2 is 1.57 bits per heavy atom. The third kappa shape index (κ3) is 4.98. The fourth-order valence-corrected chi connectivity index (χ4v) is 3.09. The number of hydrogen-bond acceptors (Lipinski definition) is 4. The third-order valence-corrected chi connectivity index (χ3v) is 4.49. The number of carbonyl (C=O) groups excluding carboxylic acids is 2. The Bertz CT molecular complexity index is 915. The molecule has 3 aromatic carbocycles. The number of phenols is 1. The summed E-state index contributed by atoms with van der Waals surface area (Å²) in [5, 5.41) is 13.1. The Balaban J connectivity index is 1.81. The topological polar surface area (TPSA) is 92.4 Å². The van der Waals surface area contributed by atoms with Crippen LogP contribution in [0.3, 0.4) is 0 Å². The van der Waals surface area contributed by atoms with Crippen LogP contribution in [0.1, 0.15) is 32.7 Å². The first-order valence-corrected chi connectivity index (χ1v) is 9.04. The molecule has 0 aliphatic carbocycles. The lowest BCUT2D eigenvalue weighted by molar-refractivity contribution is 0.0976. The van der Waals surface area contributed by atoms with E-state index < -0.39 is 5.91 Å². The van der Waals surface area contributed by atoms with E-state index in [1.165, 1.54) is 18.2 Å². The first-order valence-electron chi connectivity index (χ1n) is 9.04. The van der Waals surface area contributed by atoms with Crippen molar-refractivity contribution in [1.82, 2.24) is 0 Å². The van der Waals surface area contributed by atoms with Gasteiger partial charge in [-0.2, -0.15) is 0 Å². The summed E-state index contributed by atoms with van der Waals surface area (Å²) in [6.45, 7) is 0. The number of ketones is 1. The summed E-state index contributed by atoms with van der Waals surface area (Å²) < 4.78 is 0. The Hall–Kier alpha value is -3.60. The van der Waals surface area contributed by atoms with Gasteiger partial charge in [-0.3, -0.25) is 9.59 Å². The van der Waals surface area contributed by atoms with Gasteiger partial charge in [0.05, 0.1) is 5.56 Å². The summed E-state index contributed by atoms with van der Waals surface area (Å²) >= 11 is 0. The lowest BCUT2D eigenvalue weighted by Gasteiger charge is -2.20. The molecule has 0 saturated carbocycles. The number of aromatic hydroxyl groups is 1. The number of hydrogen-bond donors (Lipinski definition) is 3. The number of rotatable bonds is 8. The molecule has 3 rings (SSSR count). The minimum Gasteiger partial charge on any atom is -0.507 e. The van der Waals surface area contributed by atoms with Gasteiger partial charge >= 0.3 is 0 Å². The molecule has 0 fully saturated rings. The molecule has 5 nitrogen and oxygen atoms in total. The van der Waals surface area contributed by atoms with Gasteiger partial charge in [0.2, 0.25) is 0 Å². The zero-order valence-electron chi connectivity index (χ0n) is 15.3. The van der Waals surface area contributed by atoms with Crippen molar-refractivity contribution in [2.24, 2.45) is 5.73 Å². The normalized spacial score (nSPS) is 11.6. The van der Waals surface area contributed by atoms with Gasteiger partial charge in [-0.05, 0) is 42.3 Å². The van der Waals surface area contributed by atoms with E-state index in [0.29, 0.717) is 12.0 Å². The highest BCUT2D eigenvalue weighted by atomic mass is 16.3. The van der Waals surface area contributed by atoms with Crippen LogP contribution in [0, 0.1) is 0 Å². The van der Waals surface area contributed by atoms with E-state index in [4.69, 9.17) is 5.73 Å². The zero-order valence-corrected chi connectivity index (χ0v) is 15.3. The van der Waals surface area contributed by atoms with Crippen LogP contribution in [0.5, 0.6) is 5.75 Å². The zero-order chi connectivity index (χ0) is 19.9. The number of nitrogens with one attached hydrogen (secondary N) is 1. The Morgan fingerprint density at radius 3 is 2.21 bits per heavy atom. The Labute approximate surface area is 163 Å². The van der Waals surface area contributed by atoms with Crippen LogP contribution >= 0.6 is 0 Å². The minimum absolute atomic E-state index is 0.0542. The number of Topliss-reactive ketones (excluding diaryl/α,β-unsaturated/α-hetero) is 1. The molecule has 3 aromatic rings. The number of benzene rings is 3. The average molecular weight is 374 g/mol. The largest absolute Gasteiger partial charge is 0.507 e. The molecule has 1 atom stereocenters. The number of amides is 1. The van der Waals surface area contributed by atoms with Crippen molar-refractivity contribution in [3.63, 3.8) is 0 Å². The van der Waals surface area contributed by atoms with Crippen molar-refractivity contribution >= 4 is 17.4 Å². The summed E-state index contributed by atoms with van der Waals surface area (Å²) in [5.74, 6) is -1.13. The second kappa shape index (κ2) is 8.86. The molecule has 0 heterocycles. The van der Waals surface area contributed by atoms with E-state index in [-0.39, 0.29) is 29.6 Å². The lowest BCUT2D eigenvalue weighted by Crippen LogP contribution is -2.26. The Kier molecular flexibility index (Phi) is 6.07. The van der Waals surface area contributed by atoms with Gasteiger partial charge in [0.25, 0.3) is 5.91 Å². The van der Waals surface area contributed by atoms with Gasteiger partial charge in [0.15, 0.2) is 5.78 Å². The average Bonchev–Trinajstić information content (AvgIpc) is 2.69. The van der Waals surface area contributed by atoms with E-state index in [0.717, 1.165) is 11.3 Å². The van der Waals surface area contributed by atoms with E-state index in [1.54, 1.807) is 0 Å². The van der Waals surface area contributed by atoms with Gasteiger partial charge in [0, 0.05) is 23.7 Å². The molecular formula is C23H22N2O3. The van der Waals surface area contributed by atoms with Crippen molar-refractivity contribution in [2.75, 3.05) is 5.32 Å². The molecule has 28 heavy (non-hydrogen) atoms. The molecule has 0 bridgehead atoms. The highest BCUT2D eigenvalue weighted by Gasteiger charge is 2.18. The van der Waals surface area contributed by atoms with Gasteiger partial charge < -0.3 is 16.2 Å². The standard InChI is InChI=1S/C23H22N2O3/c24-23(28)20-14-17(11-12-21(20)26)22(27)15-19(13-16-7-3-1-4-8-16)25-18-9-5-2-6-10-18/h1-12,14,19,25-26H,13,15H2,(H2,24,28). The van der Waals surface area contributed by atoms with Crippen molar-refractivity contribution in [2.45, 2.75) is 18.9 Å². The molecule has 0 saturated heterocycles. The van der Waals surface area contributed by atoms with E-state index >= 15 is 0 Å². The maximum Gasteiger partial charge on any atom is 0.252 e. The third-order valence-electron chi connectivity index (χ3n) is 4.49. The van der Waals surface area contributed by atoms with Crippen molar-refractivity contribution in [3.8, 4) is 5.75 Å². The summed E-state index contributed by atoms with van der Waals surface area (Å²) in [6.07, 6.45) is 0.898. The second-order valence-corrected chi connectivity index (χ2v) is 6.62. The van der Waals surface area contributed by atoms with Gasteiger partial charge in [0.1, 0.15) is 5.75 Å². The number of carbonyl (C=O) groups is 2. The molecular weight excluding hydrogens is 352 g/mol. The maximum absolute atomic E-state index is 12.8. The fourth-order valence-electron chi connectivity index (χ4n) is 3.09. The SMILES string of the molecule is NC(=O)c1cc(C(=O)CC(Cc2ccccc2)Nc2ccccc2)ccc1O. The molecule has 0 aliphatic heterocycles. The first kappa shape index (κ1) is 19.2. The van der Waals surface area contributed by atoms with Crippen molar-refractivity contribution in [1.29, 1.82) is 0 Å².